The van der Waals surface area contributed by atoms with E-state index in [-0.39, 0.29) is 10.4 Å². The van der Waals surface area contributed by atoms with Crippen molar-refractivity contribution in [2.24, 2.45) is 0 Å². The molecule has 0 bridgehead atoms. The third-order valence-electron chi connectivity index (χ3n) is 1.82. The third kappa shape index (κ3) is 3.11. The second-order valence-electron chi connectivity index (χ2n) is 3.05. The van der Waals surface area contributed by atoms with Crippen LogP contribution >= 0.6 is 11.3 Å². The zero-order valence-corrected chi connectivity index (χ0v) is 10.4. The Morgan fingerprint density at radius 1 is 1.47 bits per heavy atom. The molecule has 8 heteroatoms. The van der Waals surface area contributed by atoms with Crippen molar-refractivity contribution in [3.63, 3.8) is 0 Å². The number of nitrogens with one attached hydrogen (secondary N) is 2. The van der Waals surface area contributed by atoms with Gasteiger partial charge in [0, 0.05) is 13.1 Å². The van der Waals surface area contributed by atoms with Gasteiger partial charge in [0.2, 0.25) is 9.47 Å². The predicted molar refractivity (Wildman–Crippen MR) is 59.5 cm³/mol. The van der Waals surface area contributed by atoms with Crippen molar-refractivity contribution in [3.05, 3.63) is 0 Å². The van der Waals surface area contributed by atoms with E-state index in [1.165, 1.54) is 0 Å². The molecule has 86 valence electrons. The van der Waals surface area contributed by atoms with Gasteiger partial charge in [-0.05, 0) is 13.3 Å². The first-order valence-corrected chi connectivity index (χ1v) is 6.83. The van der Waals surface area contributed by atoms with Crippen molar-refractivity contribution < 1.29 is 8.42 Å². The van der Waals surface area contributed by atoms with E-state index in [2.05, 4.69) is 20.2 Å². The number of sulfonamides is 1. The lowest BCUT2D eigenvalue weighted by atomic mass is 10.3. The maximum absolute atomic E-state index is 11.7. The highest BCUT2D eigenvalue weighted by Crippen LogP contribution is 2.19. The van der Waals surface area contributed by atoms with E-state index in [1.54, 1.807) is 14.0 Å². The van der Waals surface area contributed by atoms with E-state index >= 15 is 0 Å². The Morgan fingerprint density at radius 3 is 2.60 bits per heavy atom. The molecule has 0 spiro atoms. The summed E-state index contributed by atoms with van der Waals surface area (Å²) in [4.78, 5) is 0. The van der Waals surface area contributed by atoms with E-state index in [1.807, 2.05) is 6.92 Å². The lowest BCUT2D eigenvalue weighted by molar-refractivity contribution is 0.554. The first kappa shape index (κ1) is 12.3. The standard InChI is InChI=1S/C7H14N4O2S2/c1-4-5(2)11-15(12,13)7-10-9-6(8-3)14-7/h5,11H,4H2,1-3H3,(H,8,9). The lowest BCUT2D eigenvalue weighted by Crippen LogP contribution is -2.31. The summed E-state index contributed by atoms with van der Waals surface area (Å²) in [5.41, 5.74) is 0. The molecule has 0 fully saturated rings. The first-order chi connectivity index (χ1) is 6.99. The minimum atomic E-state index is -3.51. The Labute approximate surface area is 93.2 Å². The average molecular weight is 250 g/mol. The quantitative estimate of drug-likeness (QED) is 0.802. The second kappa shape index (κ2) is 4.86. The molecule has 1 rings (SSSR count). The lowest BCUT2D eigenvalue weighted by Gasteiger charge is -2.08. The Kier molecular flexibility index (Phi) is 4.00. The maximum atomic E-state index is 11.7. The zero-order chi connectivity index (χ0) is 11.5. The number of rotatable bonds is 5. The second-order valence-corrected chi connectivity index (χ2v) is 5.92. The van der Waals surface area contributed by atoms with Gasteiger partial charge < -0.3 is 5.32 Å². The molecule has 1 atom stereocenters. The van der Waals surface area contributed by atoms with Crippen molar-refractivity contribution >= 4 is 26.5 Å². The van der Waals surface area contributed by atoms with Gasteiger partial charge in [0.25, 0.3) is 10.0 Å². The molecule has 0 saturated carbocycles. The molecule has 2 N–H and O–H groups in total. The van der Waals surface area contributed by atoms with Crippen molar-refractivity contribution in [2.75, 3.05) is 12.4 Å². The van der Waals surface area contributed by atoms with Crippen LogP contribution in [0.15, 0.2) is 4.34 Å². The summed E-state index contributed by atoms with van der Waals surface area (Å²) in [5, 5.41) is 10.5. The average Bonchev–Trinajstić information content (AvgIpc) is 2.65. The minimum Gasteiger partial charge on any atom is -0.363 e. The summed E-state index contributed by atoms with van der Waals surface area (Å²) in [6.07, 6.45) is 0.733. The van der Waals surface area contributed by atoms with Gasteiger partial charge in [-0.1, -0.05) is 18.3 Å². The monoisotopic (exact) mass is 250 g/mol. The fourth-order valence-corrected chi connectivity index (χ4v) is 3.01. The smallest absolute Gasteiger partial charge is 0.270 e. The van der Waals surface area contributed by atoms with E-state index in [0.717, 1.165) is 17.8 Å². The molecule has 0 aliphatic rings. The predicted octanol–water partition coefficient (Wildman–Crippen LogP) is 0.657. The number of anilines is 1. The molecule has 1 heterocycles. The van der Waals surface area contributed by atoms with Crippen LogP contribution in [0.4, 0.5) is 5.13 Å². The summed E-state index contributed by atoms with van der Waals surface area (Å²) in [6, 6.07) is -0.100. The first-order valence-electron chi connectivity index (χ1n) is 4.53. The SMILES string of the molecule is CCC(C)NS(=O)(=O)c1nnc(NC)s1. The number of nitrogens with zero attached hydrogens (tertiary/aromatic N) is 2. The normalized spacial score (nSPS) is 13.8. The van der Waals surface area contributed by atoms with Gasteiger partial charge >= 0.3 is 0 Å². The molecule has 0 aromatic carbocycles. The Balaban J connectivity index is 2.86. The van der Waals surface area contributed by atoms with Crippen LogP contribution in [0.5, 0.6) is 0 Å². The molecule has 0 aliphatic carbocycles. The van der Waals surface area contributed by atoms with Crippen molar-refractivity contribution in [2.45, 2.75) is 30.6 Å². The highest BCUT2D eigenvalue weighted by Gasteiger charge is 2.21. The van der Waals surface area contributed by atoms with Gasteiger partial charge in [-0.25, -0.2) is 13.1 Å². The van der Waals surface area contributed by atoms with Crippen molar-refractivity contribution in [1.29, 1.82) is 0 Å². The molecular formula is C7H14N4O2S2. The number of hydrogen-bond acceptors (Lipinski definition) is 6. The molecule has 0 amide bonds. The van der Waals surface area contributed by atoms with Gasteiger partial charge in [0.05, 0.1) is 0 Å². The third-order valence-corrected chi connectivity index (χ3v) is 4.72. The molecular weight excluding hydrogens is 236 g/mol. The summed E-state index contributed by atoms with van der Waals surface area (Å²) in [7, 11) is -1.84. The van der Waals surface area contributed by atoms with Gasteiger partial charge in [-0.15, -0.1) is 10.2 Å². The largest absolute Gasteiger partial charge is 0.363 e. The van der Waals surface area contributed by atoms with E-state index in [9.17, 15) is 8.42 Å². The fourth-order valence-electron chi connectivity index (χ4n) is 0.818. The summed E-state index contributed by atoms with van der Waals surface area (Å²) in [6.45, 7) is 3.71. The highest BCUT2D eigenvalue weighted by molar-refractivity contribution is 7.91. The number of aromatic nitrogens is 2. The Morgan fingerprint density at radius 2 is 2.13 bits per heavy atom. The van der Waals surface area contributed by atoms with Crippen LogP contribution in [0.3, 0.4) is 0 Å². The van der Waals surface area contributed by atoms with Crippen LogP contribution in [-0.2, 0) is 10.0 Å². The van der Waals surface area contributed by atoms with Gasteiger partial charge in [0.1, 0.15) is 0 Å². The molecule has 0 aliphatic heterocycles. The summed E-state index contributed by atoms with van der Waals surface area (Å²) in [5.74, 6) is 0. The van der Waals surface area contributed by atoms with Crippen molar-refractivity contribution in [1.82, 2.24) is 14.9 Å². The zero-order valence-electron chi connectivity index (χ0n) is 8.81. The van der Waals surface area contributed by atoms with E-state index < -0.39 is 10.0 Å². The summed E-state index contributed by atoms with van der Waals surface area (Å²) < 4.78 is 25.9. The molecule has 1 aromatic heterocycles. The van der Waals surface area contributed by atoms with Crippen LogP contribution in [0.25, 0.3) is 0 Å². The summed E-state index contributed by atoms with van der Waals surface area (Å²) >= 11 is 1.01. The minimum absolute atomic E-state index is 0.00727. The van der Waals surface area contributed by atoms with Gasteiger partial charge in [-0.2, -0.15) is 0 Å². The molecule has 0 saturated heterocycles. The molecule has 6 nitrogen and oxygen atoms in total. The number of hydrogen-bond donors (Lipinski definition) is 2. The van der Waals surface area contributed by atoms with Crippen LogP contribution < -0.4 is 10.0 Å². The van der Waals surface area contributed by atoms with Crippen LogP contribution in [0.1, 0.15) is 20.3 Å². The van der Waals surface area contributed by atoms with Gasteiger partial charge in [0.15, 0.2) is 0 Å². The van der Waals surface area contributed by atoms with Crippen LogP contribution in [-0.4, -0.2) is 31.7 Å². The van der Waals surface area contributed by atoms with Crippen molar-refractivity contribution in [3.8, 4) is 0 Å². The Hall–Kier alpha value is -0.730. The van der Waals surface area contributed by atoms with Crippen LogP contribution in [0.2, 0.25) is 0 Å². The van der Waals surface area contributed by atoms with Crippen LogP contribution in [0, 0.1) is 0 Å². The van der Waals surface area contributed by atoms with Gasteiger partial charge in [-0.3, -0.25) is 0 Å². The van der Waals surface area contributed by atoms with E-state index in [0.29, 0.717) is 5.13 Å². The van der Waals surface area contributed by atoms with E-state index in [4.69, 9.17) is 0 Å². The molecule has 0 radical (unpaired) electrons. The fraction of sp³-hybridized carbons (Fsp3) is 0.714. The molecule has 15 heavy (non-hydrogen) atoms. The molecule has 1 aromatic rings. The maximum Gasteiger partial charge on any atom is 0.270 e. The molecule has 1 unspecified atom stereocenters. The topological polar surface area (TPSA) is 84.0 Å². The highest BCUT2D eigenvalue weighted by atomic mass is 32.2. The Bertz CT molecular complexity index is 414.